The van der Waals surface area contributed by atoms with Crippen molar-refractivity contribution in [2.45, 2.75) is 17.9 Å². The minimum absolute atomic E-state index is 0.239. The number of hydrogen-bond acceptors (Lipinski definition) is 4. The number of benzene rings is 1. The summed E-state index contributed by atoms with van der Waals surface area (Å²) in [4.78, 5) is 10.9. The number of carbonyl (C=O) groups is 1. The minimum Gasteiger partial charge on any atom is -0.369 e. The molecule has 0 atom stereocenters. The molecule has 4 N–H and O–H groups in total. The van der Waals surface area contributed by atoms with E-state index in [4.69, 9.17) is 5.73 Å². The molecule has 1 heterocycles. The van der Waals surface area contributed by atoms with E-state index in [0.717, 1.165) is 17.7 Å². The number of carbonyl (C=O) groups excluding carboxylic acids is 1. The van der Waals surface area contributed by atoms with Crippen molar-refractivity contribution in [1.29, 1.82) is 0 Å². The van der Waals surface area contributed by atoms with Crippen LogP contribution in [0.5, 0.6) is 0 Å². The summed E-state index contributed by atoms with van der Waals surface area (Å²) in [6.07, 6.45) is 0.656. The van der Waals surface area contributed by atoms with Crippen molar-refractivity contribution in [2.75, 3.05) is 13.1 Å². The fourth-order valence-electron chi connectivity index (χ4n) is 1.99. The van der Waals surface area contributed by atoms with Gasteiger partial charge in [0.2, 0.25) is 15.9 Å². The highest BCUT2D eigenvalue weighted by molar-refractivity contribution is 7.89. The molecule has 0 aromatic heterocycles. The number of fused-ring (bicyclic) bond motifs is 1. The van der Waals surface area contributed by atoms with Crippen LogP contribution < -0.4 is 15.8 Å². The first-order chi connectivity index (χ1) is 8.50. The Balaban J connectivity index is 2.35. The maximum Gasteiger partial charge on any atom is 0.241 e. The highest BCUT2D eigenvalue weighted by Gasteiger charge is 2.22. The average molecular weight is 269 g/mol. The number of nitrogens with two attached hydrogens (primary N) is 1. The number of primary amides is 1. The van der Waals surface area contributed by atoms with Crippen LogP contribution in [0.15, 0.2) is 23.1 Å². The number of rotatable bonds is 4. The van der Waals surface area contributed by atoms with E-state index in [1.165, 1.54) is 0 Å². The zero-order chi connectivity index (χ0) is 13.2. The Kier molecular flexibility index (Phi) is 3.65. The first kappa shape index (κ1) is 13.0. The van der Waals surface area contributed by atoms with Gasteiger partial charge in [-0.2, -0.15) is 0 Å². The molecule has 0 spiro atoms. The lowest BCUT2D eigenvalue weighted by atomic mass is 10.0. The summed E-state index contributed by atoms with van der Waals surface area (Å²) in [6.45, 7) is 1.02. The molecule has 6 nitrogen and oxygen atoms in total. The van der Waals surface area contributed by atoms with Gasteiger partial charge in [-0.15, -0.1) is 0 Å². The average Bonchev–Trinajstić information content (AvgIpc) is 2.36. The van der Waals surface area contributed by atoms with E-state index in [2.05, 4.69) is 10.0 Å². The topological polar surface area (TPSA) is 101 Å². The van der Waals surface area contributed by atoms with Gasteiger partial charge in [0.05, 0.1) is 11.4 Å². The predicted molar refractivity (Wildman–Crippen MR) is 66.2 cm³/mol. The summed E-state index contributed by atoms with van der Waals surface area (Å²) >= 11 is 0. The largest absolute Gasteiger partial charge is 0.369 e. The number of nitrogens with one attached hydrogen (secondary N) is 2. The van der Waals surface area contributed by atoms with Gasteiger partial charge >= 0.3 is 0 Å². The Morgan fingerprint density at radius 2 is 2.22 bits per heavy atom. The molecule has 0 fully saturated rings. The zero-order valence-corrected chi connectivity index (χ0v) is 10.6. The standard InChI is InChI=1S/C11H15N3O3S/c12-11(15)7-14-18(16,17)10-3-1-2-8-6-13-5-4-9(8)10/h1-3,13-14H,4-7H2,(H2,12,15). The van der Waals surface area contributed by atoms with E-state index in [0.29, 0.717) is 13.0 Å². The van der Waals surface area contributed by atoms with Crippen LogP contribution in [-0.2, 0) is 27.8 Å². The van der Waals surface area contributed by atoms with Crippen molar-refractivity contribution >= 4 is 15.9 Å². The SMILES string of the molecule is NC(=O)CNS(=O)(=O)c1cccc2c1CCNC2. The molecule has 98 valence electrons. The predicted octanol–water partition coefficient (Wildman–Crippen LogP) is -0.904. The van der Waals surface area contributed by atoms with Crippen LogP contribution in [0, 0.1) is 0 Å². The van der Waals surface area contributed by atoms with Gasteiger partial charge in [-0.3, -0.25) is 4.79 Å². The third kappa shape index (κ3) is 2.69. The second kappa shape index (κ2) is 5.05. The van der Waals surface area contributed by atoms with Crippen molar-refractivity contribution < 1.29 is 13.2 Å². The second-order valence-corrected chi connectivity index (χ2v) is 5.85. The lowest BCUT2D eigenvalue weighted by Gasteiger charge is -2.20. The fraction of sp³-hybridized carbons (Fsp3) is 0.364. The molecule has 7 heteroatoms. The van der Waals surface area contributed by atoms with Gasteiger partial charge in [0, 0.05) is 6.54 Å². The molecule has 1 aliphatic rings. The Morgan fingerprint density at radius 3 is 2.94 bits per heavy atom. The Labute approximate surface area is 106 Å². The Hall–Kier alpha value is -1.44. The van der Waals surface area contributed by atoms with Crippen LogP contribution >= 0.6 is 0 Å². The molecule has 0 bridgehead atoms. The lowest BCUT2D eigenvalue weighted by molar-refractivity contribution is -0.116. The van der Waals surface area contributed by atoms with Crippen LogP contribution in [0.25, 0.3) is 0 Å². The quantitative estimate of drug-likeness (QED) is 0.659. The van der Waals surface area contributed by atoms with Crippen LogP contribution in [-0.4, -0.2) is 27.4 Å². The van der Waals surface area contributed by atoms with E-state index < -0.39 is 15.9 Å². The van der Waals surface area contributed by atoms with E-state index in [1.807, 2.05) is 6.07 Å². The molecule has 1 aromatic rings. The molecule has 0 unspecified atom stereocenters. The van der Waals surface area contributed by atoms with Gasteiger partial charge in [0.25, 0.3) is 0 Å². The second-order valence-electron chi connectivity index (χ2n) is 4.11. The van der Waals surface area contributed by atoms with Crippen LogP contribution in [0.4, 0.5) is 0 Å². The molecule has 0 radical (unpaired) electrons. The van der Waals surface area contributed by atoms with Crippen molar-refractivity contribution in [3.63, 3.8) is 0 Å². The fourth-order valence-corrected chi connectivity index (χ4v) is 3.30. The van der Waals surface area contributed by atoms with Crippen molar-refractivity contribution in [3.8, 4) is 0 Å². The first-order valence-corrected chi connectivity index (χ1v) is 7.08. The molecular weight excluding hydrogens is 254 g/mol. The smallest absolute Gasteiger partial charge is 0.241 e. The summed E-state index contributed by atoms with van der Waals surface area (Å²) in [6, 6.07) is 5.15. The molecule has 1 amide bonds. The van der Waals surface area contributed by atoms with E-state index >= 15 is 0 Å². The van der Waals surface area contributed by atoms with Gasteiger partial charge in [-0.1, -0.05) is 12.1 Å². The summed E-state index contributed by atoms with van der Waals surface area (Å²) < 4.78 is 26.3. The first-order valence-electron chi connectivity index (χ1n) is 5.60. The number of hydrogen-bond donors (Lipinski definition) is 3. The maximum atomic E-state index is 12.1. The van der Waals surface area contributed by atoms with E-state index in [-0.39, 0.29) is 11.4 Å². The van der Waals surface area contributed by atoms with Crippen LogP contribution in [0.1, 0.15) is 11.1 Å². The molecule has 1 aliphatic heterocycles. The van der Waals surface area contributed by atoms with E-state index in [1.54, 1.807) is 12.1 Å². The summed E-state index contributed by atoms with van der Waals surface area (Å²) in [5.74, 6) is -0.704. The van der Waals surface area contributed by atoms with Crippen molar-refractivity contribution in [2.24, 2.45) is 5.73 Å². The molecule has 2 rings (SSSR count). The van der Waals surface area contributed by atoms with Crippen LogP contribution in [0.2, 0.25) is 0 Å². The van der Waals surface area contributed by atoms with Crippen LogP contribution in [0.3, 0.4) is 0 Å². The molecule has 1 aromatic carbocycles. The number of amides is 1. The maximum absolute atomic E-state index is 12.1. The lowest BCUT2D eigenvalue weighted by Crippen LogP contribution is -2.34. The highest BCUT2D eigenvalue weighted by atomic mass is 32.2. The van der Waals surface area contributed by atoms with Gasteiger partial charge in [0.15, 0.2) is 0 Å². The third-order valence-electron chi connectivity index (χ3n) is 2.82. The molecule has 0 aliphatic carbocycles. The molecule has 0 saturated heterocycles. The highest BCUT2D eigenvalue weighted by Crippen LogP contribution is 2.22. The molecular formula is C11H15N3O3S. The van der Waals surface area contributed by atoms with Gasteiger partial charge < -0.3 is 11.1 Å². The normalized spacial score (nSPS) is 15.1. The summed E-state index contributed by atoms with van der Waals surface area (Å²) in [5, 5.41) is 3.18. The van der Waals surface area contributed by atoms with Gasteiger partial charge in [0.1, 0.15) is 0 Å². The third-order valence-corrected chi connectivity index (χ3v) is 4.31. The van der Waals surface area contributed by atoms with E-state index in [9.17, 15) is 13.2 Å². The minimum atomic E-state index is -3.68. The van der Waals surface area contributed by atoms with Crippen molar-refractivity contribution in [3.05, 3.63) is 29.3 Å². The monoisotopic (exact) mass is 269 g/mol. The molecule has 0 saturated carbocycles. The zero-order valence-electron chi connectivity index (χ0n) is 9.77. The van der Waals surface area contributed by atoms with Gasteiger partial charge in [-0.05, 0) is 30.2 Å². The summed E-state index contributed by atoms with van der Waals surface area (Å²) in [5.41, 5.74) is 6.73. The van der Waals surface area contributed by atoms with Gasteiger partial charge in [-0.25, -0.2) is 13.1 Å². The van der Waals surface area contributed by atoms with Crippen molar-refractivity contribution in [1.82, 2.24) is 10.0 Å². The number of sulfonamides is 1. The Morgan fingerprint density at radius 1 is 1.44 bits per heavy atom. The summed E-state index contributed by atoms with van der Waals surface area (Å²) in [7, 11) is -3.68. The molecule has 18 heavy (non-hydrogen) atoms. The Bertz CT molecular complexity index is 569.